The van der Waals surface area contributed by atoms with Gasteiger partial charge in [-0.2, -0.15) is 10.2 Å². The summed E-state index contributed by atoms with van der Waals surface area (Å²) in [5.41, 5.74) is 0. The minimum Gasteiger partial charge on any atom is -0.594 e. The molecule has 0 saturated heterocycles. The van der Waals surface area contributed by atoms with E-state index in [1.54, 1.807) is 29.6 Å². The van der Waals surface area contributed by atoms with Crippen molar-refractivity contribution in [1.29, 1.82) is 0 Å². The molecule has 0 aromatic carbocycles. The average Bonchev–Trinajstić information content (AvgIpc) is 2.76. The van der Waals surface area contributed by atoms with Gasteiger partial charge in [0.15, 0.2) is 10.2 Å². The van der Waals surface area contributed by atoms with Crippen molar-refractivity contribution >= 4 is 17.6 Å². The maximum atomic E-state index is 10.9. The van der Waals surface area contributed by atoms with E-state index < -0.39 is 5.23 Å². The fourth-order valence-electron chi connectivity index (χ4n) is 1.14. The number of hydrogen-bond donors (Lipinski definition) is 2. The van der Waals surface area contributed by atoms with Crippen LogP contribution in [0, 0.1) is 5.21 Å². The fraction of sp³-hybridized carbons (Fsp3) is 0.286. The number of imidazole rings is 1. The van der Waals surface area contributed by atoms with Crippen LogP contribution < -0.4 is 5.23 Å². The topological polar surface area (TPSA) is 96.3 Å². The number of nitrogens with one attached hydrogen (secondary N) is 1. The van der Waals surface area contributed by atoms with Gasteiger partial charge >= 0.3 is 0 Å². The van der Waals surface area contributed by atoms with Gasteiger partial charge in [0, 0.05) is 14.1 Å². The Morgan fingerprint density at radius 3 is 2.69 bits per heavy atom. The quantitative estimate of drug-likeness (QED) is 0.677. The normalized spacial score (nSPS) is 13.0. The van der Waals surface area contributed by atoms with Gasteiger partial charge in [-0.15, -0.1) is 10.2 Å². The molecule has 2 aromatic heterocycles. The molecule has 0 aliphatic heterocycles. The number of aromatic nitrogens is 5. The molecule has 0 amide bonds. The zero-order valence-electron chi connectivity index (χ0n) is 8.65. The summed E-state index contributed by atoms with van der Waals surface area (Å²) in [6.45, 7) is 0. The summed E-state index contributed by atoms with van der Waals surface area (Å²) in [7, 11) is 3.53. The highest BCUT2D eigenvalue weighted by Gasteiger charge is 2.18. The molecular formula is C7H10N6O2S. The van der Waals surface area contributed by atoms with E-state index in [0.717, 1.165) is 0 Å². The van der Waals surface area contributed by atoms with Crippen LogP contribution in [0.1, 0.15) is 0 Å². The highest BCUT2D eigenvalue weighted by molar-refractivity contribution is 7.99. The van der Waals surface area contributed by atoms with Crippen LogP contribution in [-0.4, -0.2) is 29.5 Å². The maximum Gasteiger partial charge on any atom is 0.291 e. The maximum absolute atomic E-state index is 10.9. The molecule has 0 bridgehead atoms. The van der Waals surface area contributed by atoms with Crippen molar-refractivity contribution < 1.29 is 10.4 Å². The lowest BCUT2D eigenvalue weighted by Crippen LogP contribution is -2.99. The van der Waals surface area contributed by atoms with Gasteiger partial charge in [0.05, 0.1) is 0 Å². The molecule has 2 aromatic rings. The van der Waals surface area contributed by atoms with Crippen LogP contribution >= 0.6 is 11.8 Å². The summed E-state index contributed by atoms with van der Waals surface area (Å²) in [6.07, 6.45) is 3.02. The number of nitrogens with zero attached hydrogens (tertiary/aromatic N) is 5. The largest absolute Gasteiger partial charge is 0.594 e. The van der Waals surface area contributed by atoms with E-state index in [1.807, 2.05) is 0 Å². The molecular weight excluding hydrogens is 232 g/mol. The Hall–Kier alpha value is -1.42. The first-order valence-electron chi connectivity index (χ1n) is 4.36. The Morgan fingerprint density at radius 1 is 1.38 bits per heavy atom. The number of hydrogen-bond acceptors (Lipinski definition) is 6. The molecule has 2 heterocycles. The van der Waals surface area contributed by atoms with Gasteiger partial charge in [-0.05, 0) is 11.8 Å². The highest BCUT2D eigenvalue weighted by atomic mass is 32.2. The first kappa shape index (κ1) is 11.1. The Morgan fingerprint density at radius 2 is 2.12 bits per heavy atom. The molecule has 16 heavy (non-hydrogen) atoms. The number of aryl methyl sites for hydroxylation is 2. The standard InChI is InChI=1S/C7H10N6O2S/c1-11-3-8-5(13(14)15)6(11)16-7-10-9-4-12(7)2/h3-4,13-14H,1-2H3. The lowest BCUT2D eigenvalue weighted by atomic mass is 10.8. The lowest BCUT2D eigenvalue weighted by Gasteiger charge is -2.10. The van der Waals surface area contributed by atoms with Gasteiger partial charge in [-0.1, -0.05) is 0 Å². The summed E-state index contributed by atoms with van der Waals surface area (Å²) < 4.78 is 3.35. The molecule has 9 heteroatoms. The van der Waals surface area contributed by atoms with Crippen molar-refractivity contribution in [3.63, 3.8) is 0 Å². The summed E-state index contributed by atoms with van der Waals surface area (Å²) in [5.74, 6) is 0.0236. The zero-order valence-corrected chi connectivity index (χ0v) is 9.47. The Bertz CT molecular complexity index is 493. The van der Waals surface area contributed by atoms with Gasteiger partial charge in [-0.25, -0.2) is 5.21 Å². The second-order valence-corrected chi connectivity index (χ2v) is 4.10. The second kappa shape index (κ2) is 4.22. The van der Waals surface area contributed by atoms with E-state index in [2.05, 4.69) is 15.2 Å². The van der Waals surface area contributed by atoms with Crippen LogP contribution in [0.25, 0.3) is 0 Å². The predicted molar refractivity (Wildman–Crippen MR) is 54.1 cm³/mol. The fourth-order valence-corrected chi connectivity index (χ4v) is 2.02. The van der Waals surface area contributed by atoms with Gasteiger partial charge < -0.3 is 14.3 Å². The van der Waals surface area contributed by atoms with E-state index in [9.17, 15) is 5.21 Å². The predicted octanol–water partition coefficient (Wildman–Crippen LogP) is -0.897. The molecule has 0 spiro atoms. The summed E-state index contributed by atoms with van der Waals surface area (Å²) in [6, 6.07) is 0. The zero-order chi connectivity index (χ0) is 11.7. The summed E-state index contributed by atoms with van der Waals surface area (Å²) in [5, 5.41) is 27.6. The van der Waals surface area contributed by atoms with E-state index in [0.29, 0.717) is 10.2 Å². The third-order valence-corrected chi connectivity index (χ3v) is 3.17. The highest BCUT2D eigenvalue weighted by Crippen LogP contribution is 2.28. The van der Waals surface area contributed by atoms with Crippen molar-refractivity contribution in [2.45, 2.75) is 10.2 Å². The SMILES string of the molecule is Cn1cnnc1Sc1c([NH+]([O-])O)ncn1C. The molecule has 0 radical (unpaired) electrons. The van der Waals surface area contributed by atoms with Gasteiger partial charge in [0.25, 0.3) is 5.82 Å². The van der Waals surface area contributed by atoms with E-state index in [4.69, 9.17) is 5.21 Å². The molecule has 8 nitrogen and oxygen atoms in total. The van der Waals surface area contributed by atoms with Crippen LogP contribution in [0.2, 0.25) is 0 Å². The van der Waals surface area contributed by atoms with Gasteiger partial charge in [0.1, 0.15) is 12.7 Å². The molecule has 0 fully saturated rings. The monoisotopic (exact) mass is 242 g/mol. The minimum atomic E-state index is -1.05. The smallest absolute Gasteiger partial charge is 0.291 e. The number of rotatable bonds is 3. The third kappa shape index (κ3) is 1.93. The third-order valence-electron chi connectivity index (χ3n) is 1.94. The van der Waals surface area contributed by atoms with Crippen molar-refractivity contribution in [2.24, 2.45) is 14.1 Å². The molecule has 2 rings (SSSR count). The first-order chi connectivity index (χ1) is 7.59. The van der Waals surface area contributed by atoms with Crippen molar-refractivity contribution in [3.05, 3.63) is 17.9 Å². The van der Waals surface area contributed by atoms with E-state index in [-0.39, 0.29) is 5.82 Å². The minimum absolute atomic E-state index is 0.0236. The molecule has 0 saturated carbocycles. The Balaban J connectivity index is 2.34. The van der Waals surface area contributed by atoms with Crippen LogP contribution in [0.15, 0.2) is 22.8 Å². The van der Waals surface area contributed by atoms with E-state index in [1.165, 1.54) is 18.1 Å². The summed E-state index contributed by atoms with van der Waals surface area (Å²) in [4.78, 5) is 3.81. The number of quaternary nitrogens is 1. The van der Waals surface area contributed by atoms with Gasteiger partial charge in [-0.3, -0.25) is 0 Å². The van der Waals surface area contributed by atoms with Crippen molar-refractivity contribution in [3.8, 4) is 0 Å². The lowest BCUT2D eigenvalue weighted by molar-refractivity contribution is -0.994. The first-order valence-corrected chi connectivity index (χ1v) is 5.17. The molecule has 86 valence electrons. The molecule has 1 atom stereocenters. The van der Waals surface area contributed by atoms with Crippen LogP contribution in [0.5, 0.6) is 0 Å². The molecule has 0 aliphatic carbocycles. The van der Waals surface area contributed by atoms with Gasteiger partial charge in [0.2, 0.25) is 0 Å². The van der Waals surface area contributed by atoms with Crippen LogP contribution in [-0.2, 0) is 14.1 Å². The van der Waals surface area contributed by atoms with E-state index >= 15 is 0 Å². The molecule has 0 aliphatic rings. The van der Waals surface area contributed by atoms with Crippen molar-refractivity contribution in [2.75, 3.05) is 0 Å². The second-order valence-electron chi connectivity index (χ2n) is 3.14. The van der Waals surface area contributed by atoms with Crippen molar-refractivity contribution in [1.82, 2.24) is 24.3 Å². The Kier molecular flexibility index (Phi) is 2.92. The molecule has 2 N–H and O–H groups in total. The van der Waals surface area contributed by atoms with Crippen LogP contribution in [0.4, 0.5) is 5.82 Å². The average molecular weight is 242 g/mol. The molecule has 1 unspecified atom stereocenters. The summed E-state index contributed by atoms with van der Waals surface area (Å²) >= 11 is 1.22. The Labute approximate surface area is 95.1 Å². The van der Waals surface area contributed by atoms with Crippen LogP contribution in [0.3, 0.4) is 0 Å².